The zero-order valence-electron chi connectivity index (χ0n) is 11.6. The monoisotopic (exact) mass is 313 g/mol. The third-order valence-corrected chi connectivity index (χ3v) is 5.01. The van der Waals surface area contributed by atoms with Crippen LogP contribution in [0, 0.1) is 0 Å². The first kappa shape index (κ1) is 15.3. The fraction of sp³-hybridized carbons (Fsp3) is 0.462. The van der Waals surface area contributed by atoms with E-state index in [0.29, 0.717) is 12.2 Å². The third kappa shape index (κ3) is 3.97. The van der Waals surface area contributed by atoms with Crippen molar-refractivity contribution in [2.45, 2.75) is 24.4 Å². The molecule has 2 aromatic heterocycles. The van der Waals surface area contributed by atoms with E-state index < -0.39 is 9.84 Å². The number of thioether (sulfide) groups is 1. The summed E-state index contributed by atoms with van der Waals surface area (Å²) >= 11 is 1.47. The number of sulfone groups is 1. The molecule has 0 aromatic carbocycles. The Bertz CT molecular complexity index is 693. The normalized spacial score (nSPS) is 13.8. The molecule has 0 aliphatic rings. The lowest BCUT2D eigenvalue weighted by Gasteiger charge is -2.07. The number of aromatic nitrogens is 2. The molecule has 110 valence electrons. The second-order valence-corrected chi connectivity index (χ2v) is 8.30. The number of hydrogen-bond donors (Lipinski definition) is 1. The van der Waals surface area contributed by atoms with Gasteiger partial charge < -0.3 is 10.1 Å². The largest absolute Gasteiger partial charge is 0.328 e. The summed E-state index contributed by atoms with van der Waals surface area (Å²) < 4.78 is 24.4. The number of hydrogen-bond acceptors (Lipinski definition) is 5. The molecule has 7 heteroatoms. The lowest BCUT2D eigenvalue weighted by molar-refractivity contribution is 0.603. The number of pyridine rings is 1. The van der Waals surface area contributed by atoms with Gasteiger partial charge in [0.15, 0.2) is 0 Å². The first-order valence-corrected chi connectivity index (χ1v) is 9.43. The summed E-state index contributed by atoms with van der Waals surface area (Å²) in [5.41, 5.74) is 7.81. The lowest BCUT2D eigenvalue weighted by Crippen LogP contribution is -2.19. The maximum absolute atomic E-state index is 11.2. The van der Waals surface area contributed by atoms with E-state index in [1.807, 2.05) is 35.7 Å². The van der Waals surface area contributed by atoms with Gasteiger partial charge in [0.25, 0.3) is 0 Å². The van der Waals surface area contributed by atoms with Crippen molar-refractivity contribution in [1.82, 2.24) is 9.38 Å². The van der Waals surface area contributed by atoms with Crippen LogP contribution in [-0.4, -0.2) is 41.6 Å². The van der Waals surface area contributed by atoms with E-state index in [0.717, 1.165) is 16.4 Å². The second-order valence-electron chi connectivity index (χ2n) is 4.95. The van der Waals surface area contributed by atoms with E-state index in [4.69, 9.17) is 5.73 Å². The van der Waals surface area contributed by atoms with E-state index in [-0.39, 0.29) is 11.8 Å². The molecule has 0 bridgehead atoms. The van der Waals surface area contributed by atoms with E-state index in [2.05, 4.69) is 4.98 Å². The van der Waals surface area contributed by atoms with Crippen LogP contribution in [0.15, 0.2) is 29.4 Å². The SMILES string of the molecule is CC(N)Cc1c(SCCS(C)(=O)=O)nc2ccccn12. The van der Waals surface area contributed by atoms with Gasteiger partial charge in [-0.25, -0.2) is 13.4 Å². The fourth-order valence-electron chi connectivity index (χ4n) is 1.92. The van der Waals surface area contributed by atoms with Crippen molar-refractivity contribution < 1.29 is 8.42 Å². The van der Waals surface area contributed by atoms with Gasteiger partial charge in [0, 0.05) is 30.7 Å². The van der Waals surface area contributed by atoms with E-state index in [9.17, 15) is 8.42 Å². The van der Waals surface area contributed by atoms with Gasteiger partial charge in [0.1, 0.15) is 20.5 Å². The van der Waals surface area contributed by atoms with Crippen molar-refractivity contribution in [3.63, 3.8) is 0 Å². The van der Waals surface area contributed by atoms with Crippen molar-refractivity contribution in [2.24, 2.45) is 5.73 Å². The molecule has 0 amide bonds. The molecule has 2 N–H and O–H groups in total. The molecule has 20 heavy (non-hydrogen) atoms. The summed E-state index contributed by atoms with van der Waals surface area (Å²) in [6.07, 6.45) is 3.92. The average molecular weight is 313 g/mol. The predicted molar refractivity (Wildman–Crippen MR) is 83.0 cm³/mol. The van der Waals surface area contributed by atoms with Crippen molar-refractivity contribution in [2.75, 3.05) is 17.8 Å². The van der Waals surface area contributed by atoms with Gasteiger partial charge in [0.05, 0.1) is 11.4 Å². The predicted octanol–water partition coefficient (Wildman–Crippen LogP) is 1.36. The molecule has 0 radical (unpaired) electrons. The number of rotatable bonds is 6. The average Bonchev–Trinajstić information content (AvgIpc) is 2.66. The molecule has 2 rings (SSSR count). The molecular weight excluding hydrogens is 294 g/mol. The van der Waals surface area contributed by atoms with Gasteiger partial charge in [-0.15, -0.1) is 11.8 Å². The Hall–Kier alpha value is -1.05. The van der Waals surface area contributed by atoms with Crippen molar-refractivity contribution in [3.05, 3.63) is 30.1 Å². The van der Waals surface area contributed by atoms with E-state index in [1.54, 1.807) is 0 Å². The van der Waals surface area contributed by atoms with Crippen LogP contribution in [0.1, 0.15) is 12.6 Å². The van der Waals surface area contributed by atoms with Crippen LogP contribution in [0.2, 0.25) is 0 Å². The minimum absolute atomic E-state index is 0.0318. The Balaban J connectivity index is 2.26. The third-order valence-electron chi connectivity index (χ3n) is 2.80. The Kier molecular flexibility index (Phi) is 4.72. The van der Waals surface area contributed by atoms with Crippen molar-refractivity contribution >= 4 is 27.2 Å². The van der Waals surface area contributed by atoms with E-state index in [1.165, 1.54) is 18.0 Å². The Morgan fingerprint density at radius 2 is 2.20 bits per heavy atom. The smallest absolute Gasteiger partial charge is 0.148 e. The number of imidazole rings is 1. The highest BCUT2D eigenvalue weighted by atomic mass is 32.2. The van der Waals surface area contributed by atoms with Crippen LogP contribution in [-0.2, 0) is 16.3 Å². The van der Waals surface area contributed by atoms with Gasteiger partial charge in [-0.1, -0.05) is 6.07 Å². The lowest BCUT2D eigenvalue weighted by atomic mass is 10.2. The Morgan fingerprint density at radius 1 is 1.45 bits per heavy atom. The van der Waals surface area contributed by atoms with Crippen LogP contribution in [0.3, 0.4) is 0 Å². The first-order chi connectivity index (χ1) is 9.37. The number of nitrogens with two attached hydrogens (primary N) is 1. The summed E-state index contributed by atoms with van der Waals surface area (Å²) in [6, 6.07) is 5.85. The van der Waals surface area contributed by atoms with Crippen LogP contribution in [0.5, 0.6) is 0 Å². The number of fused-ring (bicyclic) bond motifs is 1. The molecule has 1 atom stereocenters. The first-order valence-electron chi connectivity index (χ1n) is 6.39. The molecule has 0 saturated carbocycles. The van der Waals surface area contributed by atoms with Gasteiger partial charge in [0.2, 0.25) is 0 Å². The van der Waals surface area contributed by atoms with Gasteiger partial charge in [-0.2, -0.15) is 0 Å². The molecule has 0 spiro atoms. The number of nitrogens with zero attached hydrogens (tertiary/aromatic N) is 2. The highest BCUT2D eigenvalue weighted by Crippen LogP contribution is 2.24. The molecule has 2 aromatic rings. The molecular formula is C13H19N3O2S2. The highest BCUT2D eigenvalue weighted by molar-refractivity contribution is 8.00. The highest BCUT2D eigenvalue weighted by Gasteiger charge is 2.14. The van der Waals surface area contributed by atoms with Crippen molar-refractivity contribution in [3.8, 4) is 0 Å². The molecule has 2 heterocycles. The quantitative estimate of drug-likeness (QED) is 0.815. The molecule has 0 fully saturated rings. The zero-order valence-corrected chi connectivity index (χ0v) is 13.2. The molecule has 1 unspecified atom stereocenters. The summed E-state index contributed by atoms with van der Waals surface area (Å²) in [7, 11) is -2.94. The van der Waals surface area contributed by atoms with Crippen molar-refractivity contribution in [1.29, 1.82) is 0 Å². The molecule has 5 nitrogen and oxygen atoms in total. The standard InChI is InChI=1S/C13H19N3O2S2/c1-10(14)9-11-13(19-7-8-20(2,17)18)15-12-5-3-4-6-16(11)12/h3-6,10H,7-9,14H2,1-2H3. The van der Waals surface area contributed by atoms with E-state index >= 15 is 0 Å². The minimum atomic E-state index is -2.94. The summed E-state index contributed by atoms with van der Waals surface area (Å²) in [5.74, 6) is 0.665. The van der Waals surface area contributed by atoms with Gasteiger partial charge in [-0.3, -0.25) is 0 Å². The Labute approximate surface area is 123 Å². The van der Waals surface area contributed by atoms with Gasteiger partial charge >= 0.3 is 0 Å². The molecule has 0 aliphatic heterocycles. The second kappa shape index (κ2) is 6.15. The zero-order chi connectivity index (χ0) is 14.8. The topological polar surface area (TPSA) is 77.5 Å². The van der Waals surface area contributed by atoms with Crippen LogP contribution >= 0.6 is 11.8 Å². The van der Waals surface area contributed by atoms with Crippen LogP contribution < -0.4 is 5.73 Å². The Morgan fingerprint density at radius 3 is 2.85 bits per heavy atom. The summed E-state index contributed by atoms with van der Waals surface area (Å²) in [6.45, 7) is 1.95. The maximum Gasteiger partial charge on any atom is 0.148 e. The van der Waals surface area contributed by atoms with Gasteiger partial charge in [-0.05, 0) is 19.1 Å². The minimum Gasteiger partial charge on any atom is -0.328 e. The fourth-order valence-corrected chi connectivity index (χ4v) is 4.17. The summed E-state index contributed by atoms with van der Waals surface area (Å²) in [4.78, 5) is 4.56. The molecule has 0 aliphatic carbocycles. The molecule has 0 saturated heterocycles. The van der Waals surface area contributed by atoms with Crippen LogP contribution in [0.25, 0.3) is 5.65 Å². The summed E-state index contributed by atoms with van der Waals surface area (Å²) in [5, 5.41) is 0.872. The maximum atomic E-state index is 11.2. The van der Waals surface area contributed by atoms with Crippen LogP contribution in [0.4, 0.5) is 0 Å².